The van der Waals surface area contributed by atoms with Crippen molar-refractivity contribution in [2.45, 2.75) is 0 Å². The maximum atomic E-state index is 12.1. The predicted octanol–water partition coefficient (Wildman–Crippen LogP) is 1.53. The van der Waals surface area contributed by atoms with Crippen molar-refractivity contribution in [3.05, 3.63) is 51.8 Å². The van der Waals surface area contributed by atoms with Gasteiger partial charge in [-0.2, -0.15) is 4.99 Å². The maximum Gasteiger partial charge on any atom is 0.279 e. The number of carbonyl (C=O) groups excluding carboxylic acids is 2. The Morgan fingerprint density at radius 1 is 1.25 bits per heavy atom. The van der Waals surface area contributed by atoms with Crippen molar-refractivity contribution in [1.82, 2.24) is 9.47 Å². The van der Waals surface area contributed by atoms with Crippen molar-refractivity contribution in [2.24, 2.45) is 12.0 Å². The molecule has 1 aromatic heterocycles. The molecule has 0 spiro atoms. The SMILES string of the molecule is CN(C)C(=O)c1cccc(C(=O)N=c2sccn2C)c1. The van der Waals surface area contributed by atoms with Gasteiger partial charge in [-0.1, -0.05) is 6.07 Å². The van der Waals surface area contributed by atoms with Crippen LogP contribution in [-0.4, -0.2) is 35.4 Å². The molecule has 0 fully saturated rings. The van der Waals surface area contributed by atoms with Crippen LogP contribution < -0.4 is 4.80 Å². The van der Waals surface area contributed by atoms with E-state index in [9.17, 15) is 9.59 Å². The molecule has 0 aliphatic carbocycles. The van der Waals surface area contributed by atoms with Crippen LogP contribution in [0.5, 0.6) is 0 Å². The molecule has 0 saturated carbocycles. The molecule has 20 heavy (non-hydrogen) atoms. The largest absolute Gasteiger partial charge is 0.345 e. The third-order valence-corrected chi connectivity index (χ3v) is 3.57. The topological polar surface area (TPSA) is 54.7 Å². The summed E-state index contributed by atoms with van der Waals surface area (Å²) in [4.78, 5) is 30.1. The molecule has 1 heterocycles. The van der Waals surface area contributed by atoms with Crippen LogP contribution in [0.2, 0.25) is 0 Å². The van der Waals surface area contributed by atoms with E-state index in [1.54, 1.807) is 42.9 Å². The molecule has 0 bridgehead atoms. The molecule has 0 aliphatic heterocycles. The molecule has 0 unspecified atom stereocenters. The van der Waals surface area contributed by atoms with Gasteiger partial charge in [0.1, 0.15) is 0 Å². The molecule has 0 aliphatic rings. The highest BCUT2D eigenvalue weighted by molar-refractivity contribution is 7.07. The maximum absolute atomic E-state index is 12.1. The number of benzene rings is 1. The molecule has 5 nitrogen and oxygen atoms in total. The molecule has 0 N–H and O–H groups in total. The molecular weight excluding hydrogens is 274 g/mol. The van der Waals surface area contributed by atoms with E-state index < -0.39 is 0 Å². The van der Waals surface area contributed by atoms with Crippen LogP contribution in [0.1, 0.15) is 20.7 Å². The molecular formula is C14H15N3O2S. The molecule has 0 atom stereocenters. The van der Waals surface area contributed by atoms with E-state index >= 15 is 0 Å². The van der Waals surface area contributed by atoms with Crippen molar-refractivity contribution >= 4 is 23.2 Å². The van der Waals surface area contributed by atoms with Crippen molar-refractivity contribution < 1.29 is 9.59 Å². The first-order valence-electron chi connectivity index (χ1n) is 6.00. The van der Waals surface area contributed by atoms with Gasteiger partial charge in [0.05, 0.1) is 0 Å². The zero-order valence-electron chi connectivity index (χ0n) is 11.5. The van der Waals surface area contributed by atoms with E-state index in [1.165, 1.54) is 16.2 Å². The van der Waals surface area contributed by atoms with E-state index in [4.69, 9.17) is 0 Å². The van der Waals surface area contributed by atoms with Crippen molar-refractivity contribution in [3.8, 4) is 0 Å². The summed E-state index contributed by atoms with van der Waals surface area (Å²) in [6.45, 7) is 0. The summed E-state index contributed by atoms with van der Waals surface area (Å²) in [5.41, 5.74) is 0.887. The highest BCUT2D eigenvalue weighted by Crippen LogP contribution is 2.08. The van der Waals surface area contributed by atoms with Crippen LogP contribution in [-0.2, 0) is 7.05 Å². The summed E-state index contributed by atoms with van der Waals surface area (Å²) in [5, 5.41) is 1.86. The Bertz CT molecular complexity index is 713. The van der Waals surface area contributed by atoms with Gasteiger partial charge in [-0.3, -0.25) is 9.59 Å². The normalized spacial score (nSPS) is 11.4. The highest BCUT2D eigenvalue weighted by atomic mass is 32.1. The van der Waals surface area contributed by atoms with Crippen molar-refractivity contribution in [2.75, 3.05) is 14.1 Å². The minimum Gasteiger partial charge on any atom is -0.345 e. The van der Waals surface area contributed by atoms with E-state index in [-0.39, 0.29) is 11.8 Å². The predicted molar refractivity (Wildman–Crippen MR) is 77.6 cm³/mol. The lowest BCUT2D eigenvalue weighted by Gasteiger charge is -2.10. The Morgan fingerprint density at radius 3 is 2.55 bits per heavy atom. The van der Waals surface area contributed by atoms with Crippen LogP contribution in [0.25, 0.3) is 0 Å². The number of aromatic nitrogens is 1. The Labute approximate surface area is 120 Å². The van der Waals surface area contributed by atoms with E-state index in [0.717, 1.165) is 0 Å². The summed E-state index contributed by atoms with van der Waals surface area (Å²) in [5.74, 6) is -0.488. The number of thiazole rings is 1. The molecule has 2 aromatic rings. The molecule has 0 radical (unpaired) electrons. The fourth-order valence-corrected chi connectivity index (χ4v) is 2.36. The number of hydrogen-bond acceptors (Lipinski definition) is 3. The quantitative estimate of drug-likeness (QED) is 0.842. The highest BCUT2D eigenvalue weighted by Gasteiger charge is 2.11. The van der Waals surface area contributed by atoms with Gasteiger partial charge < -0.3 is 9.47 Å². The molecule has 0 saturated heterocycles. The van der Waals surface area contributed by atoms with E-state index in [2.05, 4.69) is 4.99 Å². The summed E-state index contributed by atoms with van der Waals surface area (Å²) < 4.78 is 1.78. The number of hydrogen-bond donors (Lipinski definition) is 0. The van der Waals surface area contributed by atoms with Crippen LogP contribution in [0.15, 0.2) is 40.8 Å². The second-order valence-corrected chi connectivity index (χ2v) is 5.37. The molecule has 2 amide bonds. The number of carbonyl (C=O) groups is 2. The second-order valence-electron chi connectivity index (χ2n) is 4.49. The number of amides is 2. The summed E-state index contributed by atoms with van der Waals surface area (Å²) >= 11 is 1.39. The fraction of sp³-hybridized carbons (Fsp3) is 0.214. The average Bonchev–Trinajstić information content (AvgIpc) is 2.83. The molecule has 6 heteroatoms. The first kappa shape index (κ1) is 14.2. The Kier molecular flexibility index (Phi) is 4.14. The van der Waals surface area contributed by atoms with E-state index in [1.807, 2.05) is 18.6 Å². The monoisotopic (exact) mass is 289 g/mol. The lowest BCUT2D eigenvalue weighted by Crippen LogP contribution is -2.22. The standard InChI is InChI=1S/C14H15N3O2S/c1-16(2)13(19)11-6-4-5-10(9-11)12(18)15-14-17(3)7-8-20-14/h4-9H,1-3H3. The van der Waals surface area contributed by atoms with Gasteiger partial charge >= 0.3 is 0 Å². The average molecular weight is 289 g/mol. The number of aryl methyl sites for hydroxylation is 1. The lowest BCUT2D eigenvalue weighted by atomic mass is 10.1. The fourth-order valence-electron chi connectivity index (χ4n) is 1.63. The van der Waals surface area contributed by atoms with Crippen molar-refractivity contribution in [1.29, 1.82) is 0 Å². The smallest absolute Gasteiger partial charge is 0.279 e. The Balaban J connectivity index is 2.35. The summed E-state index contributed by atoms with van der Waals surface area (Å²) in [7, 11) is 5.17. The summed E-state index contributed by atoms with van der Waals surface area (Å²) in [6.07, 6.45) is 1.84. The first-order valence-corrected chi connectivity index (χ1v) is 6.88. The molecule has 1 aromatic carbocycles. The second kappa shape index (κ2) is 5.83. The van der Waals surface area contributed by atoms with Crippen LogP contribution in [0.3, 0.4) is 0 Å². The van der Waals surface area contributed by atoms with Gasteiger partial charge in [0.15, 0.2) is 4.80 Å². The number of rotatable bonds is 2. The van der Waals surface area contributed by atoms with Gasteiger partial charge in [-0.15, -0.1) is 11.3 Å². The van der Waals surface area contributed by atoms with E-state index in [0.29, 0.717) is 15.9 Å². The number of nitrogens with zero attached hydrogens (tertiary/aromatic N) is 3. The van der Waals surface area contributed by atoms with Gasteiger partial charge in [-0.05, 0) is 18.2 Å². The zero-order chi connectivity index (χ0) is 14.7. The molecule has 2 rings (SSSR count). The first-order chi connectivity index (χ1) is 9.49. The zero-order valence-corrected chi connectivity index (χ0v) is 12.3. The van der Waals surface area contributed by atoms with Gasteiger partial charge in [0.25, 0.3) is 11.8 Å². The minimum atomic E-state index is -0.351. The minimum absolute atomic E-state index is 0.138. The van der Waals surface area contributed by atoms with Crippen LogP contribution >= 0.6 is 11.3 Å². The van der Waals surface area contributed by atoms with Crippen LogP contribution in [0, 0.1) is 0 Å². The molecule has 104 valence electrons. The lowest BCUT2D eigenvalue weighted by molar-refractivity contribution is 0.0827. The van der Waals surface area contributed by atoms with Gasteiger partial charge in [0.2, 0.25) is 0 Å². The van der Waals surface area contributed by atoms with Crippen LogP contribution in [0.4, 0.5) is 0 Å². The Morgan fingerprint density at radius 2 is 1.95 bits per heavy atom. The van der Waals surface area contributed by atoms with Gasteiger partial charge in [0, 0.05) is 43.8 Å². The summed E-state index contributed by atoms with van der Waals surface area (Å²) in [6, 6.07) is 6.60. The van der Waals surface area contributed by atoms with Crippen molar-refractivity contribution in [3.63, 3.8) is 0 Å². The third kappa shape index (κ3) is 3.03. The van der Waals surface area contributed by atoms with Gasteiger partial charge in [-0.25, -0.2) is 0 Å². The third-order valence-electron chi connectivity index (χ3n) is 2.72. The Hall–Kier alpha value is -2.21.